The van der Waals surface area contributed by atoms with E-state index in [0.29, 0.717) is 6.07 Å². The molecule has 2 N–H and O–H groups in total. The van der Waals surface area contributed by atoms with Gasteiger partial charge in [0.25, 0.3) is 0 Å². The number of aromatic nitrogens is 1. The zero-order chi connectivity index (χ0) is 25.5. The maximum Gasteiger partial charge on any atom is 0.419 e. The summed E-state index contributed by atoms with van der Waals surface area (Å²) in [6.45, 7) is -0.899. The Hall–Kier alpha value is -3.00. The first-order chi connectivity index (χ1) is 15.7. The third-order valence-electron chi connectivity index (χ3n) is 5.48. The molecule has 8 nitrogen and oxygen atoms in total. The molecule has 1 aromatic heterocycles. The number of anilines is 2. The highest BCUT2D eigenvalue weighted by Gasteiger charge is 2.63. The third kappa shape index (κ3) is 4.64. The Bertz CT molecular complexity index is 1210. The summed E-state index contributed by atoms with van der Waals surface area (Å²) < 4.78 is 99.2. The molecule has 3 atom stereocenters. The lowest BCUT2D eigenvalue weighted by Crippen LogP contribution is -2.49. The van der Waals surface area contributed by atoms with E-state index < -0.39 is 63.8 Å². The smallest absolute Gasteiger partial charge is 0.419 e. The Labute approximate surface area is 192 Å². The average molecular weight is 508 g/mol. The van der Waals surface area contributed by atoms with E-state index in [1.807, 2.05) is 0 Å². The highest BCUT2D eigenvalue weighted by Crippen LogP contribution is 2.47. The molecule has 34 heavy (non-hydrogen) atoms. The molecule has 186 valence electrons. The minimum Gasteiger partial charge on any atom is -0.491 e. The number of carbonyl (C=O) groups is 1. The molecule has 14 heteroatoms. The molecule has 1 aliphatic rings. The van der Waals surface area contributed by atoms with Gasteiger partial charge in [-0.05, 0) is 24.3 Å². The van der Waals surface area contributed by atoms with Gasteiger partial charge in [0.15, 0.2) is 17.2 Å². The monoisotopic (exact) mass is 508 g/mol. The number of ether oxygens (including phenoxy) is 2. The van der Waals surface area contributed by atoms with Gasteiger partial charge >= 0.3 is 6.18 Å². The molecule has 1 fully saturated rings. The maximum atomic E-state index is 14.3. The minimum atomic E-state index is -4.90. The molecule has 3 rings (SSSR count). The highest BCUT2D eigenvalue weighted by atomic mass is 32.2. The van der Waals surface area contributed by atoms with Crippen molar-refractivity contribution >= 4 is 27.0 Å². The number of hydrogen-bond acceptors (Lipinski definition) is 7. The van der Waals surface area contributed by atoms with Crippen LogP contribution in [0.25, 0.3) is 0 Å². The van der Waals surface area contributed by atoms with Crippen LogP contribution in [0.4, 0.5) is 33.3 Å². The standard InChI is InChI=1S/C20H21F5N4O4S/c1-32-17-13(5-4-12(21)16(17)22)29-10-19(33-2,20(23,24)25)9-14(29)18(30)28-11-6-7-27-15(8-11)34(3,26)31/h4-8,14,26H,9-10H2,1-3H3,(H,27,28,30)/t14-,19-,34+/m0/s1. The number of alkyl halides is 3. The number of halogens is 5. The van der Waals surface area contributed by atoms with E-state index in [9.17, 15) is 31.0 Å². The molecule has 1 saturated heterocycles. The Morgan fingerprint density at radius 3 is 2.53 bits per heavy atom. The van der Waals surface area contributed by atoms with Gasteiger partial charge in [0.05, 0.1) is 29.1 Å². The molecule has 1 aromatic carbocycles. The average Bonchev–Trinajstić information content (AvgIpc) is 3.16. The SMILES string of the molecule is COc1c(N2C[C@](OC)(C(F)(F)F)C[C@H]2C(=O)Nc2ccnc([S@](C)(=N)=O)c2)ccc(F)c1F. The molecule has 0 bridgehead atoms. The van der Waals surface area contributed by atoms with Crippen LogP contribution in [-0.2, 0) is 19.3 Å². The quantitative estimate of drug-likeness (QED) is 0.579. The molecule has 0 saturated carbocycles. The van der Waals surface area contributed by atoms with Crippen molar-refractivity contribution in [3.63, 3.8) is 0 Å². The van der Waals surface area contributed by atoms with Crippen LogP contribution >= 0.6 is 0 Å². The predicted molar refractivity (Wildman–Crippen MR) is 112 cm³/mol. The molecule has 0 radical (unpaired) electrons. The molecule has 2 heterocycles. The van der Waals surface area contributed by atoms with Crippen molar-refractivity contribution in [1.29, 1.82) is 4.78 Å². The van der Waals surface area contributed by atoms with E-state index in [1.54, 1.807) is 0 Å². The van der Waals surface area contributed by atoms with Crippen LogP contribution in [0.3, 0.4) is 0 Å². The summed E-state index contributed by atoms with van der Waals surface area (Å²) in [4.78, 5) is 17.9. The molecule has 1 amide bonds. The van der Waals surface area contributed by atoms with Crippen molar-refractivity contribution in [2.45, 2.75) is 29.3 Å². The van der Waals surface area contributed by atoms with Crippen LogP contribution in [0, 0.1) is 16.4 Å². The van der Waals surface area contributed by atoms with Crippen molar-refractivity contribution in [1.82, 2.24) is 4.98 Å². The first-order valence-corrected chi connectivity index (χ1v) is 11.6. The molecular weight excluding hydrogens is 487 g/mol. The van der Waals surface area contributed by atoms with Gasteiger partial charge in [-0.25, -0.2) is 18.4 Å². The normalized spacial score (nSPS) is 22.4. The first kappa shape index (κ1) is 25.6. The Morgan fingerprint density at radius 1 is 1.29 bits per heavy atom. The van der Waals surface area contributed by atoms with Crippen molar-refractivity contribution in [2.75, 3.05) is 37.2 Å². The van der Waals surface area contributed by atoms with Gasteiger partial charge in [-0.2, -0.15) is 17.6 Å². The Balaban J connectivity index is 2.06. The van der Waals surface area contributed by atoms with Gasteiger partial charge in [-0.3, -0.25) is 4.79 Å². The van der Waals surface area contributed by atoms with Crippen molar-refractivity contribution < 1.29 is 40.4 Å². The Morgan fingerprint density at radius 2 is 1.97 bits per heavy atom. The van der Waals surface area contributed by atoms with E-state index >= 15 is 0 Å². The summed E-state index contributed by atoms with van der Waals surface area (Å²) in [5, 5.41) is 2.27. The molecule has 1 aliphatic heterocycles. The Kier molecular flexibility index (Phi) is 6.77. The number of amides is 1. The minimum absolute atomic E-state index is 0.0379. The van der Waals surface area contributed by atoms with E-state index in [-0.39, 0.29) is 16.4 Å². The van der Waals surface area contributed by atoms with Gasteiger partial charge in [0, 0.05) is 31.7 Å². The van der Waals surface area contributed by atoms with Crippen LogP contribution in [0.5, 0.6) is 5.75 Å². The summed E-state index contributed by atoms with van der Waals surface area (Å²) in [6.07, 6.45) is -3.46. The molecule has 0 spiro atoms. The van der Waals surface area contributed by atoms with Crippen molar-refractivity contribution in [3.8, 4) is 5.75 Å². The van der Waals surface area contributed by atoms with Crippen LogP contribution < -0.4 is 15.0 Å². The summed E-state index contributed by atoms with van der Waals surface area (Å²) in [5.41, 5.74) is -3.02. The zero-order valence-electron chi connectivity index (χ0n) is 18.2. The number of benzene rings is 1. The van der Waals surface area contributed by atoms with Crippen LogP contribution in [0.2, 0.25) is 0 Å². The lowest BCUT2D eigenvalue weighted by molar-refractivity contribution is -0.261. The number of pyridine rings is 1. The summed E-state index contributed by atoms with van der Waals surface area (Å²) >= 11 is 0. The maximum absolute atomic E-state index is 14.3. The van der Waals surface area contributed by atoms with Gasteiger partial charge in [0.1, 0.15) is 11.1 Å². The van der Waals surface area contributed by atoms with Crippen LogP contribution in [-0.4, -0.2) is 59.9 Å². The number of nitrogens with one attached hydrogen (secondary N) is 2. The predicted octanol–water partition coefficient (Wildman–Crippen LogP) is 3.57. The summed E-state index contributed by atoms with van der Waals surface area (Å²) in [7, 11) is -1.37. The highest BCUT2D eigenvalue weighted by molar-refractivity contribution is 7.91. The topological polar surface area (TPSA) is 105 Å². The number of nitrogens with zero attached hydrogens (tertiary/aromatic N) is 2. The van der Waals surface area contributed by atoms with Crippen molar-refractivity contribution in [2.24, 2.45) is 0 Å². The number of carbonyl (C=O) groups excluding carboxylic acids is 1. The van der Waals surface area contributed by atoms with E-state index in [4.69, 9.17) is 14.3 Å². The summed E-state index contributed by atoms with van der Waals surface area (Å²) in [6, 6.07) is 2.65. The van der Waals surface area contributed by atoms with Gasteiger partial charge < -0.3 is 19.7 Å². The fraction of sp³-hybridized carbons (Fsp3) is 0.400. The molecular formula is C20H21F5N4O4S. The van der Waals surface area contributed by atoms with E-state index in [1.165, 1.54) is 12.3 Å². The van der Waals surface area contributed by atoms with E-state index in [0.717, 1.165) is 37.5 Å². The van der Waals surface area contributed by atoms with Gasteiger partial charge in [-0.15, -0.1) is 0 Å². The lowest BCUT2D eigenvalue weighted by Gasteiger charge is -2.31. The summed E-state index contributed by atoms with van der Waals surface area (Å²) in [5.74, 6) is -4.30. The second-order valence-corrected chi connectivity index (χ2v) is 9.78. The fourth-order valence-corrected chi connectivity index (χ4v) is 4.31. The largest absolute Gasteiger partial charge is 0.491 e. The lowest BCUT2D eigenvalue weighted by atomic mass is 9.99. The van der Waals surface area contributed by atoms with Crippen LogP contribution in [0.15, 0.2) is 35.5 Å². The second-order valence-electron chi connectivity index (χ2n) is 7.67. The molecule has 2 aromatic rings. The number of hydrogen-bond donors (Lipinski definition) is 2. The molecule has 0 unspecified atom stereocenters. The second kappa shape index (κ2) is 8.98. The van der Waals surface area contributed by atoms with Crippen LogP contribution in [0.1, 0.15) is 6.42 Å². The fourth-order valence-electron chi connectivity index (χ4n) is 3.70. The number of rotatable bonds is 6. The third-order valence-corrected chi connectivity index (χ3v) is 6.50. The zero-order valence-corrected chi connectivity index (χ0v) is 19.0. The van der Waals surface area contributed by atoms with Crippen molar-refractivity contribution in [3.05, 3.63) is 42.1 Å². The van der Waals surface area contributed by atoms with Gasteiger partial charge in [-0.1, -0.05) is 0 Å². The number of methoxy groups -OCH3 is 2. The molecule has 0 aliphatic carbocycles. The van der Waals surface area contributed by atoms with E-state index in [2.05, 4.69) is 10.3 Å². The first-order valence-electron chi connectivity index (χ1n) is 9.65. The van der Waals surface area contributed by atoms with Gasteiger partial charge in [0.2, 0.25) is 11.7 Å².